The van der Waals surface area contributed by atoms with Crippen LogP contribution in [0.3, 0.4) is 0 Å². The van der Waals surface area contributed by atoms with E-state index in [9.17, 15) is 0 Å². The molecule has 0 amide bonds. The molecule has 124 valence electrons. The third kappa shape index (κ3) is 4.69. The van der Waals surface area contributed by atoms with Crippen molar-refractivity contribution in [3.63, 3.8) is 0 Å². The van der Waals surface area contributed by atoms with Gasteiger partial charge in [0, 0.05) is 6.54 Å². The maximum absolute atomic E-state index is 6.21. The number of hydrogen-bond acceptors (Lipinski definition) is 2. The Bertz CT molecular complexity index is 310. The summed E-state index contributed by atoms with van der Waals surface area (Å²) >= 11 is 0. The van der Waals surface area contributed by atoms with Gasteiger partial charge in [-0.2, -0.15) is 0 Å². The van der Waals surface area contributed by atoms with Crippen LogP contribution in [0, 0.1) is 22.7 Å². The van der Waals surface area contributed by atoms with E-state index >= 15 is 0 Å². The molecule has 1 saturated carbocycles. The van der Waals surface area contributed by atoms with Gasteiger partial charge < -0.3 is 10.6 Å². The van der Waals surface area contributed by atoms with Crippen molar-refractivity contribution < 1.29 is 0 Å². The van der Waals surface area contributed by atoms with Crippen LogP contribution in [0.2, 0.25) is 0 Å². The summed E-state index contributed by atoms with van der Waals surface area (Å²) < 4.78 is 0. The van der Waals surface area contributed by atoms with E-state index < -0.39 is 0 Å². The average molecular weight is 295 g/mol. The molecule has 21 heavy (non-hydrogen) atoms. The normalized spacial score (nSPS) is 36.4. The van der Waals surface area contributed by atoms with Crippen molar-refractivity contribution in [2.45, 2.75) is 72.6 Å². The average Bonchev–Trinajstić information content (AvgIpc) is 2.67. The van der Waals surface area contributed by atoms with Gasteiger partial charge in [0.2, 0.25) is 0 Å². The van der Waals surface area contributed by atoms with Crippen molar-refractivity contribution >= 4 is 0 Å². The summed E-state index contributed by atoms with van der Waals surface area (Å²) in [6.07, 6.45) is 9.63. The molecule has 2 N–H and O–H groups in total. The van der Waals surface area contributed by atoms with Crippen LogP contribution < -0.4 is 5.73 Å². The van der Waals surface area contributed by atoms with E-state index in [2.05, 4.69) is 32.6 Å². The van der Waals surface area contributed by atoms with Gasteiger partial charge >= 0.3 is 0 Å². The van der Waals surface area contributed by atoms with Crippen molar-refractivity contribution in [1.29, 1.82) is 0 Å². The first-order valence-corrected chi connectivity index (χ1v) is 9.27. The zero-order valence-electron chi connectivity index (χ0n) is 15.0. The zero-order chi connectivity index (χ0) is 15.5. The number of rotatable bonds is 3. The smallest absolute Gasteiger partial charge is 0.00501 e. The van der Waals surface area contributed by atoms with Gasteiger partial charge in [-0.15, -0.1) is 0 Å². The van der Waals surface area contributed by atoms with Gasteiger partial charge in [-0.05, 0) is 74.4 Å². The highest BCUT2D eigenvalue weighted by molar-refractivity contribution is 4.89. The van der Waals surface area contributed by atoms with Gasteiger partial charge in [0.05, 0.1) is 0 Å². The third-order valence-electron chi connectivity index (χ3n) is 6.37. The lowest BCUT2D eigenvalue weighted by Gasteiger charge is -2.42. The molecule has 2 heteroatoms. The number of nitrogens with two attached hydrogens (primary N) is 1. The van der Waals surface area contributed by atoms with Crippen molar-refractivity contribution in [1.82, 2.24) is 4.90 Å². The minimum atomic E-state index is 0.425. The molecular weight excluding hydrogens is 256 g/mol. The first-order valence-electron chi connectivity index (χ1n) is 9.27. The molecule has 1 heterocycles. The molecule has 1 unspecified atom stereocenters. The minimum absolute atomic E-state index is 0.425. The molecule has 0 bridgehead atoms. The maximum Gasteiger partial charge on any atom is 0.00501 e. The molecule has 2 rings (SSSR count). The van der Waals surface area contributed by atoms with Crippen molar-refractivity contribution in [2.24, 2.45) is 28.4 Å². The Hall–Kier alpha value is -0.0800. The molecule has 1 aliphatic heterocycles. The number of hydrogen-bond donors (Lipinski definition) is 1. The highest BCUT2D eigenvalue weighted by atomic mass is 15.1. The fourth-order valence-corrected chi connectivity index (χ4v) is 4.46. The van der Waals surface area contributed by atoms with Gasteiger partial charge in [0.25, 0.3) is 0 Å². The van der Waals surface area contributed by atoms with Crippen LogP contribution in [0.1, 0.15) is 72.6 Å². The fraction of sp³-hybridized carbons (Fsp3) is 1.00. The quantitative estimate of drug-likeness (QED) is 0.841. The highest BCUT2D eigenvalue weighted by Crippen LogP contribution is 2.40. The SMILES string of the molecule is CC1CCC(CN)(CN2CCCC(C(C)(C)C)CC2)CC1. The molecule has 0 aromatic carbocycles. The summed E-state index contributed by atoms with van der Waals surface area (Å²) in [6.45, 7) is 14.4. The van der Waals surface area contributed by atoms with E-state index in [-0.39, 0.29) is 0 Å². The lowest BCUT2D eigenvalue weighted by atomic mass is 9.70. The minimum Gasteiger partial charge on any atom is -0.330 e. The first kappa shape index (κ1) is 17.3. The summed E-state index contributed by atoms with van der Waals surface area (Å²) in [4.78, 5) is 2.74. The summed E-state index contributed by atoms with van der Waals surface area (Å²) in [5.74, 6) is 1.81. The Kier molecular flexibility index (Phi) is 5.76. The Morgan fingerprint density at radius 3 is 2.29 bits per heavy atom. The standard InChI is InChI=1S/C19H38N2/c1-16-7-10-19(14-20,11-8-16)15-21-12-5-6-17(9-13-21)18(2,3)4/h16-17H,5-15,20H2,1-4H3. The molecule has 1 atom stereocenters. The van der Waals surface area contributed by atoms with E-state index in [1.54, 1.807) is 0 Å². The van der Waals surface area contributed by atoms with Crippen LogP contribution in [0.5, 0.6) is 0 Å². The third-order valence-corrected chi connectivity index (χ3v) is 6.37. The molecule has 0 radical (unpaired) electrons. The second kappa shape index (κ2) is 7.00. The van der Waals surface area contributed by atoms with Gasteiger partial charge in [-0.1, -0.05) is 40.5 Å². The Balaban J connectivity index is 1.90. The van der Waals surface area contributed by atoms with E-state index in [1.165, 1.54) is 64.6 Å². The molecule has 2 aliphatic rings. The lowest BCUT2D eigenvalue weighted by Crippen LogP contribution is -2.45. The second-order valence-corrected chi connectivity index (χ2v) is 9.16. The molecule has 0 aromatic heterocycles. The van der Waals surface area contributed by atoms with Gasteiger partial charge in [0.15, 0.2) is 0 Å². The van der Waals surface area contributed by atoms with Crippen LogP contribution in [0.15, 0.2) is 0 Å². The molecule has 1 saturated heterocycles. The van der Waals surface area contributed by atoms with Crippen molar-refractivity contribution in [3.05, 3.63) is 0 Å². The predicted octanol–water partition coefficient (Wildman–Crippen LogP) is 4.29. The molecule has 0 spiro atoms. The zero-order valence-corrected chi connectivity index (χ0v) is 15.0. The molecule has 0 aromatic rings. The van der Waals surface area contributed by atoms with Gasteiger partial charge in [0.1, 0.15) is 0 Å². The lowest BCUT2D eigenvalue weighted by molar-refractivity contribution is 0.0943. The maximum atomic E-state index is 6.21. The second-order valence-electron chi connectivity index (χ2n) is 9.16. The first-order chi connectivity index (χ1) is 9.85. The van der Waals surface area contributed by atoms with Crippen molar-refractivity contribution in [2.75, 3.05) is 26.2 Å². The largest absolute Gasteiger partial charge is 0.330 e. The van der Waals surface area contributed by atoms with Crippen LogP contribution >= 0.6 is 0 Å². The summed E-state index contributed by atoms with van der Waals surface area (Å²) in [5, 5.41) is 0. The van der Waals surface area contributed by atoms with Crippen LogP contribution in [-0.4, -0.2) is 31.1 Å². The van der Waals surface area contributed by atoms with Crippen LogP contribution in [0.4, 0.5) is 0 Å². The Morgan fingerprint density at radius 1 is 1.05 bits per heavy atom. The van der Waals surface area contributed by atoms with Crippen molar-refractivity contribution in [3.8, 4) is 0 Å². The van der Waals surface area contributed by atoms with E-state index in [4.69, 9.17) is 5.73 Å². The molecule has 1 aliphatic carbocycles. The van der Waals surface area contributed by atoms with Gasteiger partial charge in [-0.3, -0.25) is 0 Å². The monoisotopic (exact) mass is 294 g/mol. The predicted molar refractivity (Wildman–Crippen MR) is 92.4 cm³/mol. The Morgan fingerprint density at radius 2 is 1.71 bits per heavy atom. The summed E-state index contributed by atoms with van der Waals surface area (Å²) in [6, 6.07) is 0. The summed E-state index contributed by atoms with van der Waals surface area (Å²) in [5.41, 5.74) is 7.11. The van der Waals surface area contributed by atoms with Crippen LogP contribution in [0.25, 0.3) is 0 Å². The number of likely N-dealkylation sites (tertiary alicyclic amines) is 1. The highest BCUT2D eigenvalue weighted by Gasteiger charge is 2.35. The van der Waals surface area contributed by atoms with Crippen LogP contribution in [-0.2, 0) is 0 Å². The van der Waals surface area contributed by atoms with E-state index in [0.717, 1.165) is 18.4 Å². The summed E-state index contributed by atoms with van der Waals surface area (Å²) in [7, 11) is 0. The fourth-order valence-electron chi connectivity index (χ4n) is 4.46. The molecule has 2 nitrogen and oxygen atoms in total. The van der Waals surface area contributed by atoms with Gasteiger partial charge in [-0.25, -0.2) is 0 Å². The topological polar surface area (TPSA) is 29.3 Å². The van der Waals surface area contributed by atoms with E-state index in [0.29, 0.717) is 10.8 Å². The number of nitrogens with zero attached hydrogens (tertiary/aromatic N) is 1. The van der Waals surface area contributed by atoms with E-state index in [1.807, 2.05) is 0 Å². The molecule has 2 fully saturated rings. The molecular formula is C19H38N2. The Labute approximate surface area is 132 Å².